The predicted molar refractivity (Wildman–Crippen MR) is 62.7 cm³/mol. The highest BCUT2D eigenvalue weighted by Crippen LogP contribution is 2.45. The van der Waals surface area contributed by atoms with E-state index in [1.54, 1.807) is 0 Å². The van der Waals surface area contributed by atoms with Crippen molar-refractivity contribution < 1.29 is 0 Å². The van der Waals surface area contributed by atoms with E-state index in [9.17, 15) is 0 Å². The van der Waals surface area contributed by atoms with Crippen molar-refractivity contribution in [3.63, 3.8) is 0 Å². The van der Waals surface area contributed by atoms with E-state index in [-0.39, 0.29) is 5.54 Å². The zero-order valence-corrected chi connectivity index (χ0v) is 10.1. The third kappa shape index (κ3) is 1.32. The molecule has 15 heavy (non-hydrogen) atoms. The Balaban J connectivity index is 2.29. The van der Waals surface area contributed by atoms with Gasteiger partial charge >= 0.3 is 0 Å². The van der Waals surface area contributed by atoms with E-state index in [1.807, 2.05) is 10.6 Å². The fourth-order valence-electron chi connectivity index (χ4n) is 1.80. The van der Waals surface area contributed by atoms with Gasteiger partial charge in [0, 0.05) is 6.20 Å². The second kappa shape index (κ2) is 2.83. The number of hydrogen-bond donors (Lipinski definition) is 1. The number of imidazole rings is 1. The standard InChI is InChI=1S/C11H12BrN3/c1-7-2-5-15-8(6-7)14-9(10(15)12)11(13)3-4-11/h2,5-6H,3-4,13H2,1H3. The highest BCUT2D eigenvalue weighted by Gasteiger charge is 2.44. The average Bonchev–Trinajstić information content (AvgIpc) is 2.84. The van der Waals surface area contributed by atoms with Crippen LogP contribution in [0.5, 0.6) is 0 Å². The normalized spacial score (nSPS) is 18.3. The van der Waals surface area contributed by atoms with Crippen LogP contribution >= 0.6 is 15.9 Å². The Morgan fingerprint density at radius 2 is 2.27 bits per heavy atom. The maximum Gasteiger partial charge on any atom is 0.138 e. The van der Waals surface area contributed by atoms with Gasteiger partial charge in [-0.05, 0) is 53.4 Å². The fraction of sp³-hybridized carbons (Fsp3) is 0.364. The van der Waals surface area contributed by atoms with Gasteiger partial charge in [-0.1, -0.05) is 0 Å². The van der Waals surface area contributed by atoms with Crippen molar-refractivity contribution in [3.05, 3.63) is 34.2 Å². The number of pyridine rings is 1. The zero-order valence-electron chi connectivity index (χ0n) is 8.50. The molecule has 0 saturated heterocycles. The van der Waals surface area contributed by atoms with E-state index in [1.165, 1.54) is 5.56 Å². The Hall–Kier alpha value is -0.870. The van der Waals surface area contributed by atoms with Crippen LogP contribution in [0, 0.1) is 6.92 Å². The highest BCUT2D eigenvalue weighted by molar-refractivity contribution is 9.10. The molecule has 2 aromatic rings. The summed E-state index contributed by atoms with van der Waals surface area (Å²) in [5.41, 5.74) is 9.16. The number of nitrogens with zero attached hydrogens (tertiary/aromatic N) is 2. The summed E-state index contributed by atoms with van der Waals surface area (Å²) in [7, 11) is 0. The SMILES string of the molecule is Cc1ccn2c(Br)c(C3(N)CC3)nc2c1. The molecule has 3 nitrogen and oxygen atoms in total. The summed E-state index contributed by atoms with van der Waals surface area (Å²) in [5.74, 6) is 0. The van der Waals surface area contributed by atoms with Crippen molar-refractivity contribution in [1.29, 1.82) is 0 Å². The fourth-order valence-corrected chi connectivity index (χ4v) is 2.59. The summed E-state index contributed by atoms with van der Waals surface area (Å²) >= 11 is 3.57. The molecule has 0 radical (unpaired) electrons. The van der Waals surface area contributed by atoms with Crippen molar-refractivity contribution in [1.82, 2.24) is 9.38 Å². The first-order valence-electron chi connectivity index (χ1n) is 5.04. The first-order valence-corrected chi connectivity index (χ1v) is 5.83. The molecule has 0 bridgehead atoms. The molecule has 0 atom stereocenters. The van der Waals surface area contributed by atoms with Gasteiger partial charge in [-0.25, -0.2) is 4.98 Å². The second-order valence-corrected chi connectivity index (χ2v) is 5.09. The van der Waals surface area contributed by atoms with Crippen LogP contribution in [0.25, 0.3) is 5.65 Å². The van der Waals surface area contributed by atoms with Crippen LogP contribution in [0.1, 0.15) is 24.1 Å². The monoisotopic (exact) mass is 265 g/mol. The van der Waals surface area contributed by atoms with Gasteiger partial charge in [0.05, 0.1) is 11.2 Å². The minimum Gasteiger partial charge on any atom is -0.320 e. The number of aryl methyl sites for hydroxylation is 1. The minimum absolute atomic E-state index is 0.182. The Morgan fingerprint density at radius 1 is 1.53 bits per heavy atom. The molecular formula is C11H12BrN3. The topological polar surface area (TPSA) is 43.3 Å². The Labute approximate surface area is 96.4 Å². The maximum absolute atomic E-state index is 6.16. The number of aromatic nitrogens is 2. The number of fused-ring (bicyclic) bond motifs is 1. The molecule has 0 aliphatic heterocycles. The Bertz CT molecular complexity index is 540. The first-order chi connectivity index (χ1) is 7.10. The molecule has 0 aromatic carbocycles. The number of halogens is 1. The third-order valence-electron chi connectivity index (χ3n) is 2.98. The van der Waals surface area contributed by atoms with Crippen LogP contribution in [0.2, 0.25) is 0 Å². The van der Waals surface area contributed by atoms with Gasteiger partial charge in [-0.2, -0.15) is 0 Å². The summed E-state index contributed by atoms with van der Waals surface area (Å²) in [6, 6.07) is 4.14. The lowest BCUT2D eigenvalue weighted by atomic mass is 10.2. The van der Waals surface area contributed by atoms with Gasteiger partial charge in [0.1, 0.15) is 10.3 Å². The molecule has 2 aromatic heterocycles. The van der Waals surface area contributed by atoms with Crippen molar-refractivity contribution in [2.45, 2.75) is 25.3 Å². The van der Waals surface area contributed by atoms with Gasteiger partial charge in [-0.3, -0.25) is 4.40 Å². The number of rotatable bonds is 1. The van der Waals surface area contributed by atoms with Crippen LogP contribution in [-0.4, -0.2) is 9.38 Å². The molecular weight excluding hydrogens is 254 g/mol. The molecule has 3 rings (SSSR count). The minimum atomic E-state index is -0.182. The van der Waals surface area contributed by atoms with E-state index in [4.69, 9.17) is 5.73 Å². The molecule has 2 heterocycles. The summed E-state index contributed by atoms with van der Waals surface area (Å²) in [5, 5.41) is 0. The zero-order chi connectivity index (χ0) is 10.6. The molecule has 0 amide bonds. The quantitative estimate of drug-likeness (QED) is 0.861. The van der Waals surface area contributed by atoms with Crippen molar-refractivity contribution in [3.8, 4) is 0 Å². The smallest absolute Gasteiger partial charge is 0.138 e. The molecule has 4 heteroatoms. The van der Waals surface area contributed by atoms with E-state index in [0.717, 1.165) is 28.8 Å². The molecule has 1 saturated carbocycles. The number of nitrogens with two attached hydrogens (primary N) is 1. The van der Waals surface area contributed by atoms with E-state index >= 15 is 0 Å². The predicted octanol–water partition coefficient (Wildman–Crippen LogP) is 2.35. The van der Waals surface area contributed by atoms with Crippen LogP contribution in [0.3, 0.4) is 0 Å². The van der Waals surface area contributed by atoms with Crippen LogP contribution in [-0.2, 0) is 5.54 Å². The molecule has 0 unspecified atom stereocenters. The third-order valence-corrected chi connectivity index (χ3v) is 3.74. The van der Waals surface area contributed by atoms with Crippen LogP contribution < -0.4 is 5.73 Å². The molecule has 1 aliphatic rings. The Kier molecular flexibility index (Phi) is 1.77. The average molecular weight is 266 g/mol. The molecule has 78 valence electrons. The molecule has 1 aliphatic carbocycles. The largest absolute Gasteiger partial charge is 0.320 e. The van der Waals surface area contributed by atoms with Crippen molar-refractivity contribution >= 4 is 21.6 Å². The van der Waals surface area contributed by atoms with Crippen molar-refractivity contribution in [2.24, 2.45) is 5.73 Å². The van der Waals surface area contributed by atoms with Crippen molar-refractivity contribution in [2.75, 3.05) is 0 Å². The summed E-state index contributed by atoms with van der Waals surface area (Å²) in [6.07, 6.45) is 4.10. The Morgan fingerprint density at radius 3 is 2.93 bits per heavy atom. The molecule has 0 spiro atoms. The van der Waals surface area contributed by atoms with Gasteiger partial charge in [0.15, 0.2) is 0 Å². The van der Waals surface area contributed by atoms with Gasteiger partial charge < -0.3 is 5.73 Å². The lowest BCUT2D eigenvalue weighted by Gasteiger charge is -2.03. The maximum atomic E-state index is 6.16. The number of hydrogen-bond acceptors (Lipinski definition) is 2. The van der Waals surface area contributed by atoms with Gasteiger partial charge in [0.2, 0.25) is 0 Å². The second-order valence-electron chi connectivity index (χ2n) is 4.34. The van der Waals surface area contributed by atoms with Gasteiger partial charge in [0.25, 0.3) is 0 Å². The van der Waals surface area contributed by atoms with Crippen LogP contribution in [0.15, 0.2) is 22.9 Å². The van der Waals surface area contributed by atoms with E-state index in [0.29, 0.717) is 0 Å². The lowest BCUT2D eigenvalue weighted by molar-refractivity contribution is 0.709. The molecule has 1 fully saturated rings. The van der Waals surface area contributed by atoms with E-state index in [2.05, 4.69) is 40.0 Å². The molecule has 2 N–H and O–H groups in total. The van der Waals surface area contributed by atoms with Gasteiger partial charge in [-0.15, -0.1) is 0 Å². The van der Waals surface area contributed by atoms with Crippen LogP contribution in [0.4, 0.5) is 0 Å². The summed E-state index contributed by atoms with van der Waals surface area (Å²) in [4.78, 5) is 4.60. The first kappa shape index (κ1) is 9.36. The highest BCUT2D eigenvalue weighted by atomic mass is 79.9. The summed E-state index contributed by atoms with van der Waals surface area (Å²) in [6.45, 7) is 2.07. The summed E-state index contributed by atoms with van der Waals surface area (Å²) < 4.78 is 3.03. The van der Waals surface area contributed by atoms with E-state index < -0.39 is 0 Å². The lowest BCUT2D eigenvalue weighted by Crippen LogP contribution is -2.19.